The van der Waals surface area contributed by atoms with Gasteiger partial charge in [0.1, 0.15) is 0 Å². The number of nitrogens with one attached hydrogen (secondary N) is 2. The molecule has 0 bridgehead atoms. The third kappa shape index (κ3) is 4.72. The van der Waals surface area contributed by atoms with Gasteiger partial charge in [0.25, 0.3) is 5.91 Å². The van der Waals surface area contributed by atoms with Crippen molar-refractivity contribution in [2.75, 3.05) is 5.32 Å². The third-order valence-electron chi connectivity index (χ3n) is 4.68. The van der Waals surface area contributed by atoms with Crippen LogP contribution < -0.4 is 10.0 Å². The summed E-state index contributed by atoms with van der Waals surface area (Å²) in [5, 5.41) is 4.37. The van der Waals surface area contributed by atoms with Crippen LogP contribution in [0.15, 0.2) is 40.6 Å². The number of amides is 1. The summed E-state index contributed by atoms with van der Waals surface area (Å²) < 4.78 is 28.1. The first-order valence-corrected chi connectivity index (χ1v) is 11.3. The Morgan fingerprint density at radius 1 is 1.12 bits per heavy atom. The van der Waals surface area contributed by atoms with Gasteiger partial charge in [-0.1, -0.05) is 43.9 Å². The minimum Gasteiger partial charge on any atom is -0.321 e. The lowest BCUT2D eigenvalue weighted by Crippen LogP contribution is -2.34. The maximum atomic E-state index is 12.6. The first-order chi connectivity index (χ1) is 12.5. The summed E-state index contributed by atoms with van der Waals surface area (Å²) >= 11 is 1.14. The molecule has 2 N–H and O–H groups in total. The Morgan fingerprint density at radius 3 is 2.50 bits per heavy atom. The first-order valence-electron chi connectivity index (χ1n) is 8.93. The van der Waals surface area contributed by atoms with Crippen LogP contribution in [0, 0.1) is 6.92 Å². The molecular weight excluding hydrogens is 368 g/mol. The zero-order valence-corrected chi connectivity index (χ0v) is 16.5. The fraction of sp³-hybridized carbons (Fsp3) is 0.421. The van der Waals surface area contributed by atoms with Gasteiger partial charge < -0.3 is 5.32 Å². The molecule has 1 saturated carbocycles. The van der Waals surface area contributed by atoms with Gasteiger partial charge in [-0.25, -0.2) is 13.1 Å². The number of anilines is 1. The number of thiophene rings is 1. The van der Waals surface area contributed by atoms with Crippen LogP contribution in [0.4, 0.5) is 5.69 Å². The smallest absolute Gasteiger partial charge is 0.265 e. The molecule has 1 aromatic heterocycles. The average molecular weight is 393 g/mol. The van der Waals surface area contributed by atoms with Crippen LogP contribution in [0.1, 0.15) is 53.8 Å². The molecule has 140 valence electrons. The number of para-hydroxylation sites is 1. The van der Waals surface area contributed by atoms with Gasteiger partial charge in [0.05, 0.1) is 9.77 Å². The molecule has 0 aliphatic heterocycles. The van der Waals surface area contributed by atoms with E-state index in [1.165, 1.54) is 24.3 Å². The molecule has 26 heavy (non-hydrogen) atoms. The third-order valence-corrected chi connectivity index (χ3v) is 7.26. The van der Waals surface area contributed by atoms with E-state index in [1.54, 1.807) is 0 Å². The summed E-state index contributed by atoms with van der Waals surface area (Å²) in [4.78, 5) is 13.0. The van der Waals surface area contributed by atoms with Gasteiger partial charge in [0.2, 0.25) is 10.0 Å². The highest BCUT2D eigenvalue weighted by Crippen LogP contribution is 2.24. The molecule has 1 aromatic carbocycles. The normalized spacial score (nSPS) is 16.2. The van der Waals surface area contributed by atoms with Crippen LogP contribution in [-0.4, -0.2) is 20.4 Å². The molecule has 0 radical (unpaired) electrons. The van der Waals surface area contributed by atoms with E-state index in [0.29, 0.717) is 4.88 Å². The number of sulfonamides is 1. The van der Waals surface area contributed by atoms with Crippen molar-refractivity contribution < 1.29 is 13.2 Å². The fourth-order valence-corrected chi connectivity index (χ4v) is 5.63. The van der Waals surface area contributed by atoms with E-state index in [-0.39, 0.29) is 16.8 Å². The number of carbonyl (C=O) groups excluding carboxylic acids is 1. The van der Waals surface area contributed by atoms with Crippen LogP contribution in [0.2, 0.25) is 0 Å². The van der Waals surface area contributed by atoms with Crippen LogP contribution in [0.25, 0.3) is 0 Å². The highest BCUT2D eigenvalue weighted by molar-refractivity contribution is 7.89. The molecule has 1 heterocycles. The van der Waals surface area contributed by atoms with Crippen LogP contribution >= 0.6 is 11.3 Å². The summed E-state index contributed by atoms with van der Waals surface area (Å²) in [6.07, 6.45) is 6.20. The Morgan fingerprint density at radius 2 is 1.81 bits per heavy atom. The molecule has 1 aliphatic carbocycles. The number of aryl methyl sites for hydroxylation is 1. The lowest BCUT2D eigenvalue weighted by molar-refractivity contribution is 0.103. The second kappa shape index (κ2) is 8.33. The predicted octanol–water partition coefficient (Wildman–Crippen LogP) is 4.31. The molecule has 1 fully saturated rings. The Kier molecular flexibility index (Phi) is 6.11. The van der Waals surface area contributed by atoms with Crippen LogP contribution in [-0.2, 0) is 10.0 Å². The van der Waals surface area contributed by atoms with E-state index < -0.39 is 10.0 Å². The van der Waals surface area contributed by atoms with Gasteiger partial charge in [-0.05, 0) is 37.5 Å². The van der Waals surface area contributed by atoms with E-state index in [9.17, 15) is 13.2 Å². The predicted molar refractivity (Wildman–Crippen MR) is 105 cm³/mol. The molecule has 3 rings (SSSR count). The van der Waals surface area contributed by atoms with Gasteiger partial charge in [-0.3, -0.25) is 4.79 Å². The number of hydrogen-bond donors (Lipinski definition) is 2. The van der Waals surface area contributed by atoms with Crippen LogP contribution in [0.3, 0.4) is 0 Å². The van der Waals surface area contributed by atoms with Crippen molar-refractivity contribution in [3.05, 3.63) is 46.2 Å². The van der Waals surface area contributed by atoms with Gasteiger partial charge in [-0.2, -0.15) is 0 Å². The monoisotopic (exact) mass is 392 g/mol. The number of carbonyl (C=O) groups is 1. The molecule has 0 saturated heterocycles. The van der Waals surface area contributed by atoms with Gasteiger partial charge in [0, 0.05) is 17.1 Å². The van der Waals surface area contributed by atoms with Crippen molar-refractivity contribution in [3.63, 3.8) is 0 Å². The quantitative estimate of drug-likeness (QED) is 0.745. The number of benzene rings is 1. The Balaban J connectivity index is 1.70. The number of rotatable bonds is 5. The maximum Gasteiger partial charge on any atom is 0.265 e. The summed E-state index contributed by atoms with van der Waals surface area (Å²) in [5.74, 6) is -0.291. The lowest BCUT2D eigenvalue weighted by atomic mass is 10.1. The maximum absolute atomic E-state index is 12.6. The summed E-state index contributed by atoms with van der Waals surface area (Å²) in [6.45, 7) is 1.91. The minimum atomic E-state index is -3.59. The zero-order valence-electron chi connectivity index (χ0n) is 14.8. The van der Waals surface area contributed by atoms with Crippen molar-refractivity contribution in [1.82, 2.24) is 4.72 Å². The summed E-state index contributed by atoms with van der Waals surface area (Å²) in [7, 11) is -3.59. The van der Waals surface area contributed by atoms with Gasteiger partial charge in [0.15, 0.2) is 0 Å². The summed E-state index contributed by atoms with van der Waals surface area (Å²) in [5.41, 5.74) is 1.69. The van der Waals surface area contributed by atoms with Crippen molar-refractivity contribution >= 4 is 33.0 Å². The van der Waals surface area contributed by atoms with Gasteiger partial charge in [-0.15, -0.1) is 11.3 Å². The molecule has 1 aliphatic rings. The Labute approximate surface area is 158 Å². The SMILES string of the molecule is Cc1ccccc1NC(=O)c1cc(S(=O)(=O)NC2CCCCCC2)cs1. The summed E-state index contributed by atoms with van der Waals surface area (Å²) in [6, 6.07) is 8.94. The molecule has 5 nitrogen and oxygen atoms in total. The average Bonchev–Trinajstić information content (AvgIpc) is 2.98. The van der Waals surface area contributed by atoms with Crippen molar-refractivity contribution in [2.24, 2.45) is 0 Å². The second-order valence-electron chi connectivity index (χ2n) is 6.73. The highest BCUT2D eigenvalue weighted by atomic mass is 32.2. The molecule has 2 aromatic rings. The minimum absolute atomic E-state index is 0.00774. The Hall–Kier alpha value is -1.70. The molecule has 0 atom stereocenters. The molecular formula is C19H24N2O3S2. The fourth-order valence-electron chi connectivity index (χ4n) is 3.16. The first kappa shape index (κ1) is 19.1. The number of hydrogen-bond acceptors (Lipinski definition) is 4. The van der Waals surface area contributed by atoms with Crippen molar-refractivity contribution in [3.8, 4) is 0 Å². The van der Waals surface area contributed by atoms with E-state index in [2.05, 4.69) is 10.0 Å². The highest BCUT2D eigenvalue weighted by Gasteiger charge is 2.23. The van der Waals surface area contributed by atoms with E-state index >= 15 is 0 Å². The van der Waals surface area contributed by atoms with E-state index in [4.69, 9.17) is 0 Å². The van der Waals surface area contributed by atoms with Gasteiger partial charge >= 0.3 is 0 Å². The topological polar surface area (TPSA) is 75.3 Å². The van der Waals surface area contributed by atoms with E-state index in [1.807, 2.05) is 31.2 Å². The van der Waals surface area contributed by atoms with E-state index in [0.717, 1.165) is 48.3 Å². The second-order valence-corrected chi connectivity index (χ2v) is 9.35. The Bertz CT molecular complexity index is 866. The molecule has 0 unspecified atom stereocenters. The zero-order chi connectivity index (χ0) is 18.6. The molecule has 7 heteroatoms. The van der Waals surface area contributed by atoms with Crippen molar-refractivity contribution in [2.45, 2.75) is 56.4 Å². The molecule has 0 spiro atoms. The standard InChI is InChI=1S/C19H24N2O3S2/c1-14-8-6-7-11-17(14)20-19(22)18-12-16(13-25-18)26(23,24)21-15-9-4-2-3-5-10-15/h6-8,11-13,15,21H,2-5,9-10H2,1H3,(H,20,22). The van der Waals surface area contributed by atoms with Crippen LogP contribution in [0.5, 0.6) is 0 Å². The largest absolute Gasteiger partial charge is 0.321 e. The van der Waals surface area contributed by atoms with Crippen molar-refractivity contribution in [1.29, 1.82) is 0 Å². The molecule has 1 amide bonds. The lowest BCUT2D eigenvalue weighted by Gasteiger charge is -2.15.